The van der Waals surface area contributed by atoms with Crippen molar-refractivity contribution in [3.63, 3.8) is 0 Å². The molecule has 2 atom stereocenters. The molecule has 1 aliphatic heterocycles. The third-order valence-electron chi connectivity index (χ3n) is 3.03. The molecule has 1 nitrogen and oxygen atoms in total. The van der Waals surface area contributed by atoms with Crippen molar-refractivity contribution in [1.82, 2.24) is 0 Å². The van der Waals surface area contributed by atoms with Crippen LogP contribution in [0.1, 0.15) is 0 Å². The van der Waals surface area contributed by atoms with E-state index in [1.54, 1.807) is 0 Å². The molecule has 0 spiro atoms. The Labute approximate surface area is 104 Å². The summed E-state index contributed by atoms with van der Waals surface area (Å²) in [5.74, 6) is 0. The lowest BCUT2D eigenvalue weighted by atomic mass is 10.5. The van der Waals surface area contributed by atoms with Crippen molar-refractivity contribution in [3.8, 4) is 0 Å². The number of hydrogen-bond donors (Lipinski definition) is 0. The van der Waals surface area contributed by atoms with Gasteiger partial charge in [0.15, 0.2) is 7.83 Å². The van der Waals surface area contributed by atoms with E-state index in [4.69, 9.17) is 4.43 Å². The number of halogens is 2. The van der Waals surface area contributed by atoms with Crippen molar-refractivity contribution in [2.45, 2.75) is 40.3 Å². The van der Waals surface area contributed by atoms with Gasteiger partial charge in [0.1, 0.15) is 4.11 Å². The predicted molar refractivity (Wildman–Crippen MR) is 76.5 cm³/mol. The molecule has 0 N–H and O–H groups in total. The molecule has 1 aliphatic rings. The van der Waals surface area contributed by atoms with Crippen LogP contribution in [0.5, 0.6) is 0 Å². The van der Waals surface area contributed by atoms with E-state index in [0.29, 0.717) is 4.11 Å². The van der Waals surface area contributed by atoms with Gasteiger partial charge in [-0.1, -0.05) is 58.3 Å². The molecule has 2 unspecified atom stereocenters. The Balaban J connectivity index is 2.80. The maximum absolute atomic E-state index is 6.18. The van der Waals surface area contributed by atoms with Crippen molar-refractivity contribution in [2.24, 2.45) is 0 Å². The Hall–Kier alpha value is 1.85. The Bertz CT molecular complexity index is 164. The summed E-state index contributed by atoms with van der Waals surface area (Å²) in [7, 11) is -2.32. The molecule has 12 heavy (non-hydrogen) atoms. The van der Waals surface area contributed by atoms with Gasteiger partial charge in [-0.25, -0.2) is 0 Å². The first-order chi connectivity index (χ1) is 5.26. The Morgan fingerprint density at radius 1 is 1.17 bits per heavy atom. The predicted octanol–water partition coefficient (Wildman–Crippen LogP) is 3.57. The van der Waals surface area contributed by atoms with E-state index in [1.807, 2.05) is 0 Å². The molecule has 1 heterocycles. The molecule has 1 fully saturated rings. The van der Waals surface area contributed by atoms with E-state index >= 15 is 0 Å². The molecule has 0 aromatic heterocycles. The number of rotatable bonds is 0. The zero-order chi connectivity index (χ0) is 9.57. The Kier molecular flexibility index (Phi) is 3.76. The van der Waals surface area contributed by atoms with Gasteiger partial charge in [0.25, 0.3) is 0 Å². The van der Waals surface area contributed by atoms with Crippen molar-refractivity contribution in [1.29, 1.82) is 0 Å². The van der Waals surface area contributed by atoms with Gasteiger partial charge in [-0.15, -0.1) is 0 Å². The molecule has 1 saturated heterocycles. The smallest absolute Gasteiger partial charge is 0.175 e. The second-order valence-corrected chi connectivity index (χ2v) is 22.5. The van der Waals surface area contributed by atoms with Gasteiger partial charge in [-0.3, -0.25) is 0 Å². The van der Waals surface area contributed by atoms with Crippen LogP contribution >= 0.6 is 45.2 Å². The van der Waals surface area contributed by atoms with Crippen LogP contribution in [0, 0.1) is 0 Å². The molecule has 0 amide bonds. The molecule has 0 bridgehead atoms. The quantitative estimate of drug-likeness (QED) is 0.327. The molecule has 5 heteroatoms. The van der Waals surface area contributed by atoms with E-state index in [2.05, 4.69) is 71.4 Å². The van der Waals surface area contributed by atoms with Crippen LogP contribution in [0.3, 0.4) is 0 Å². The van der Waals surface area contributed by atoms with Crippen LogP contribution < -0.4 is 0 Å². The average molecular weight is 426 g/mol. The zero-order valence-electron chi connectivity index (χ0n) is 8.03. The first-order valence-corrected chi connectivity index (χ1v) is 13.8. The largest absolute Gasteiger partial charge is 0.407 e. The Morgan fingerprint density at radius 2 is 1.67 bits per heavy atom. The summed E-state index contributed by atoms with van der Waals surface area (Å²) in [5, 5.41) is 0. The first-order valence-electron chi connectivity index (χ1n) is 4.22. The van der Waals surface area contributed by atoms with Gasteiger partial charge < -0.3 is 4.43 Å². The van der Waals surface area contributed by atoms with Crippen molar-refractivity contribution in [2.75, 3.05) is 0 Å². The Morgan fingerprint density at radius 3 is 2.08 bits per heavy atom. The highest BCUT2D eigenvalue weighted by Gasteiger charge is 2.50. The lowest BCUT2D eigenvalue weighted by molar-refractivity contribution is 0.299. The molecule has 72 valence electrons. The summed E-state index contributed by atoms with van der Waals surface area (Å²) in [6.45, 7) is 9.78. The topological polar surface area (TPSA) is 9.23 Å². The molecule has 0 aliphatic carbocycles. The van der Waals surface area contributed by atoms with Gasteiger partial charge in [-0.05, 0) is 19.1 Å². The van der Waals surface area contributed by atoms with Crippen LogP contribution in [-0.4, -0.2) is 23.5 Å². The van der Waals surface area contributed by atoms with Gasteiger partial charge in [0, 0.05) is 3.92 Å². The van der Waals surface area contributed by atoms with E-state index in [9.17, 15) is 0 Å². The van der Waals surface area contributed by atoms with Crippen molar-refractivity contribution >= 4 is 60.6 Å². The highest BCUT2D eigenvalue weighted by atomic mass is 127. The lowest BCUT2D eigenvalue weighted by Gasteiger charge is -2.46. The van der Waals surface area contributed by atoms with E-state index in [1.165, 1.54) is 6.04 Å². The fourth-order valence-electron chi connectivity index (χ4n) is 1.34. The van der Waals surface area contributed by atoms with Crippen LogP contribution in [0.15, 0.2) is 0 Å². The normalized spacial score (nSPS) is 39.5. The molecule has 1 rings (SSSR count). The summed E-state index contributed by atoms with van der Waals surface area (Å²) in [6.07, 6.45) is 0. The molecule has 0 aromatic carbocycles. The van der Waals surface area contributed by atoms with E-state index < -0.39 is 15.4 Å². The summed E-state index contributed by atoms with van der Waals surface area (Å²) in [5.41, 5.74) is 0. The SMILES string of the molecule is C[Si]1(C)CC(I)C(I)O[Si]1(C)C. The summed E-state index contributed by atoms with van der Waals surface area (Å²) < 4.78 is 7.39. The molecule has 0 radical (unpaired) electrons. The van der Waals surface area contributed by atoms with Crippen LogP contribution in [-0.2, 0) is 4.43 Å². The first kappa shape index (κ1) is 11.9. The third-order valence-corrected chi connectivity index (χ3v) is 24.2. The van der Waals surface area contributed by atoms with E-state index in [0.717, 1.165) is 3.92 Å². The van der Waals surface area contributed by atoms with Gasteiger partial charge in [-0.2, -0.15) is 0 Å². The van der Waals surface area contributed by atoms with E-state index in [-0.39, 0.29) is 0 Å². The van der Waals surface area contributed by atoms with Crippen LogP contribution in [0.25, 0.3) is 0 Å². The van der Waals surface area contributed by atoms with Gasteiger partial charge in [0.2, 0.25) is 0 Å². The molecule has 0 saturated carbocycles. The average Bonchev–Trinajstić information content (AvgIpc) is 1.82. The second kappa shape index (κ2) is 3.78. The fourth-order valence-corrected chi connectivity index (χ4v) is 15.9. The third kappa shape index (κ3) is 2.26. The molecular formula is C7H16I2OSi2. The standard InChI is InChI=1S/C7H16I2OSi2/c1-11(2)5-6(8)7(9)10-12(11,3)4/h6-7H,5H2,1-4H3. The van der Waals surface area contributed by atoms with Crippen molar-refractivity contribution < 1.29 is 4.43 Å². The van der Waals surface area contributed by atoms with Gasteiger partial charge in [0.05, 0.1) is 7.59 Å². The van der Waals surface area contributed by atoms with Gasteiger partial charge >= 0.3 is 0 Å². The minimum atomic E-state index is -1.30. The maximum atomic E-state index is 6.18. The van der Waals surface area contributed by atoms with Crippen LogP contribution in [0.2, 0.25) is 32.2 Å². The minimum Gasteiger partial charge on any atom is -0.407 e. The summed E-state index contributed by atoms with van der Waals surface area (Å²) in [6, 6.07) is 1.44. The second-order valence-electron chi connectivity index (χ2n) is 4.58. The minimum absolute atomic E-state index is 0.463. The fraction of sp³-hybridized carbons (Fsp3) is 1.00. The summed E-state index contributed by atoms with van der Waals surface area (Å²) in [4.78, 5) is 0. The van der Waals surface area contributed by atoms with Crippen molar-refractivity contribution in [3.05, 3.63) is 0 Å². The van der Waals surface area contributed by atoms with Crippen LogP contribution in [0.4, 0.5) is 0 Å². The summed E-state index contributed by atoms with van der Waals surface area (Å²) >= 11 is 5.00. The maximum Gasteiger partial charge on any atom is 0.175 e. The zero-order valence-corrected chi connectivity index (χ0v) is 14.3. The lowest BCUT2D eigenvalue weighted by Crippen LogP contribution is -2.63. The number of hydrogen-bond acceptors (Lipinski definition) is 1. The molecular weight excluding hydrogens is 410 g/mol. The highest BCUT2D eigenvalue weighted by Crippen LogP contribution is 2.39. The molecule has 0 aromatic rings. The number of alkyl halides is 2. The highest BCUT2D eigenvalue weighted by molar-refractivity contribution is 14.1. The monoisotopic (exact) mass is 426 g/mol.